The molecule has 0 radical (unpaired) electrons. The van der Waals surface area contributed by atoms with Gasteiger partial charge in [-0.3, -0.25) is 0 Å². The first kappa shape index (κ1) is 18.2. The van der Waals surface area contributed by atoms with Crippen molar-refractivity contribution in [3.8, 4) is 0 Å². The van der Waals surface area contributed by atoms with Crippen molar-refractivity contribution in [3.05, 3.63) is 0 Å². The zero-order chi connectivity index (χ0) is 14.3. The Morgan fingerprint density at radius 3 is 0.941 bits per heavy atom. The fourth-order valence-electron chi connectivity index (χ4n) is 3.88. The van der Waals surface area contributed by atoms with E-state index in [1.807, 2.05) is 0 Å². The molecule has 0 aliphatic rings. The summed E-state index contributed by atoms with van der Waals surface area (Å²) in [5, 5.41) is 0.940. The van der Waals surface area contributed by atoms with Crippen LogP contribution in [0.15, 0.2) is 2.55 Å². The monoisotopic (exact) mass is 451 g/mol. The summed E-state index contributed by atoms with van der Waals surface area (Å²) in [4.78, 5) is 0. The predicted octanol–water partition coefficient (Wildman–Crippen LogP) is 5.83. The van der Waals surface area contributed by atoms with Gasteiger partial charge in [0.1, 0.15) is 0 Å². The SMILES string of the molecule is [CH3][Tl]([CH3])[N]=P(C(C)(C)C)(C(C)(C)C)C(C)(C)C. The molecule has 0 unspecified atom stereocenters. The first-order chi connectivity index (χ1) is 7.17. The van der Waals surface area contributed by atoms with E-state index in [1.165, 1.54) is 0 Å². The molecule has 0 spiro atoms. The van der Waals surface area contributed by atoms with Crippen LogP contribution in [0.5, 0.6) is 0 Å². The Kier molecular flexibility index (Phi) is 5.62. The molecule has 102 valence electrons. The molecule has 0 bridgehead atoms. The standard InChI is InChI=1S/C12H27NP.2CH3.Tl/c1-10(2,3)14(13,11(4,5)6)12(7,8)9;;;/h1-9H3;2*1H3;/q-1;;;+1. The maximum absolute atomic E-state index is 5.56. The quantitative estimate of drug-likeness (QED) is 0.352. The van der Waals surface area contributed by atoms with Crippen LogP contribution in [0.3, 0.4) is 0 Å². The van der Waals surface area contributed by atoms with Crippen molar-refractivity contribution >= 4 is 30.1 Å². The predicted molar refractivity (Wildman–Crippen MR) is 86.1 cm³/mol. The van der Waals surface area contributed by atoms with Gasteiger partial charge in [0.05, 0.1) is 0 Å². The van der Waals surface area contributed by atoms with Crippen molar-refractivity contribution in [3.63, 3.8) is 0 Å². The van der Waals surface area contributed by atoms with E-state index in [1.54, 1.807) is 0 Å². The van der Waals surface area contributed by atoms with Crippen molar-refractivity contribution in [2.24, 2.45) is 2.55 Å². The van der Waals surface area contributed by atoms with Gasteiger partial charge < -0.3 is 0 Å². The second-order valence-electron chi connectivity index (χ2n) is 8.36. The molecule has 0 saturated carbocycles. The molecule has 0 aromatic carbocycles. The van der Waals surface area contributed by atoms with Gasteiger partial charge in [0.15, 0.2) is 0 Å². The molecule has 0 aliphatic heterocycles. The second kappa shape index (κ2) is 5.27. The van der Waals surface area contributed by atoms with Crippen LogP contribution < -0.4 is 0 Å². The minimum atomic E-state index is -1.72. The van der Waals surface area contributed by atoms with Crippen LogP contribution in [-0.2, 0) is 0 Å². The molecule has 0 atom stereocenters. The third kappa shape index (κ3) is 3.58. The Morgan fingerprint density at radius 2 is 0.882 bits per heavy atom. The molecule has 0 saturated heterocycles. The molecule has 0 fully saturated rings. The average Bonchev–Trinajstić information content (AvgIpc) is 1.91. The first-order valence-corrected chi connectivity index (χ1v) is 19.5. The van der Waals surface area contributed by atoms with Crippen molar-refractivity contribution in [1.29, 1.82) is 0 Å². The summed E-state index contributed by atoms with van der Waals surface area (Å²) in [5.74, 6) is 0. The van der Waals surface area contributed by atoms with Crippen LogP contribution in [-0.4, -0.2) is 38.5 Å². The van der Waals surface area contributed by atoms with Gasteiger partial charge in [-0.1, -0.05) is 0 Å². The Labute approximate surface area is 119 Å². The van der Waals surface area contributed by atoms with Crippen LogP contribution >= 0.6 is 7.05 Å². The van der Waals surface area contributed by atoms with Crippen molar-refractivity contribution < 1.29 is 0 Å². The van der Waals surface area contributed by atoms with E-state index >= 15 is 0 Å². The van der Waals surface area contributed by atoms with E-state index < -0.39 is 30.1 Å². The molecule has 0 amide bonds. The summed E-state index contributed by atoms with van der Waals surface area (Å²) in [6.45, 7) is 21.7. The van der Waals surface area contributed by atoms with Crippen LogP contribution in [0, 0.1) is 0 Å². The molecular weight excluding hydrogens is 418 g/mol. The molecule has 1 nitrogen and oxygen atoms in total. The van der Waals surface area contributed by atoms with E-state index in [0.29, 0.717) is 15.5 Å². The topological polar surface area (TPSA) is 12.4 Å². The normalized spacial score (nSPS) is 14.8. The van der Waals surface area contributed by atoms with Gasteiger partial charge in [-0.2, -0.15) is 0 Å². The van der Waals surface area contributed by atoms with Gasteiger partial charge in [0.25, 0.3) is 0 Å². The number of hydrogen-bond donors (Lipinski definition) is 0. The van der Waals surface area contributed by atoms with E-state index in [2.05, 4.69) is 71.3 Å². The van der Waals surface area contributed by atoms with Gasteiger partial charge in [0.2, 0.25) is 0 Å². The summed E-state index contributed by atoms with van der Waals surface area (Å²) in [5.41, 5.74) is 0. The maximum atomic E-state index is 5.56. The second-order valence-corrected chi connectivity index (χ2v) is 25.1. The zero-order valence-corrected chi connectivity index (χ0v) is 19.4. The van der Waals surface area contributed by atoms with Crippen molar-refractivity contribution in [1.82, 2.24) is 0 Å². The molecule has 0 N–H and O–H groups in total. The Morgan fingerprint density at radius 1 is 0.647 bits per heavy atom. The van der Waals surface area contributed by atoms with Gasteiger partial charge >= 0.3 is 119 Å². The van der Waals surface area contributed by atoms with Crippen LogP contribution in [0.1, 0.15) is 62.3 Å². The molecular formula is C14H33NPTl. The van der Waals surface area contributed by atoms with E-state index in [0.717, 1.165) is 0 Å². The molecule has 0 rings (SSSR count). The van der Waals surface area contributed by atoms with E-state index in [9.17, 15) is 0 Å². The Hall–Kier alpha value is 1.15. The summed E-state index contributed by atoms with van der Waals surface area (Å²) >= 11 is -1.72. The van der Waals surface area contributed by atoms with Gasteiger partial charge in [-0.15, -0.1) is 0 Å². The minimum absolute atomic E-state index is 0.313. The van der Waals surface area contributed by atoms with Gasteiger partial charge in [0, 0.05) is 0 Å². The third-order valence-corrected chi connectivity index (χ3v) is 19.4. The molecule has 17 heavy (non-hydrogen) atoms. The number of hydrogen-bond acceptors (Lipinski definition) is 1. The summed E-state index contributed by atoms with van der Waals surface area (Å²) in [6.07, 6.45) is 0. The summed E-state index contributed by atoms with van der Waals surface area (Å²) in [7, 11) is -1.38. The van der Waals surface area contributed by atoms with Crippen LogP contribution in [0.2, 0.25) is 8.97 Å². The fraction of sp³-hybridized carbons (Fsp3) is 1.00. The van der Waals surface area contributed by atoms with Crippen molar-refractivity contribution in [2.45, 2.75) is 86.7 Å². The summed E-state index contributed by atoms with van der Waals surface area (Å²) in [6, 6.07) is 0. The zero-order valence-electron chi connectivity index (χ0n) is 14.0. The fourth-order valence-corrected chi connectivity index (χ4v) is 31.9. The van der Waals surface area contributed by atoms with Crippen molar-refractivity contribution in [2.75, 3.05) is 0 Å². The molecule has 3 heteroatoms. The summed E-state index contributed by atoms with van der Waals surface area (Å²) < 4.78 is 10.4. The van der Waals surface area contributed by atoms with Gasteiger partial charge in [-0.05, 0) is 0 Å². The van der Waals surface area contributed by atoms with E-state index in [-0.39, 0.29) is 0 Å². The molecule has 0 heterocycles. The first-order valence-electron chi connectivity index (χ1n) is 6.78. The Balaban J connectivity index is 6.36. The third-order valence-electron chi connectivity index (χ3n) is 3.32. The number of nitrogens with zero attached hydrogens (tertiary/aromatic N) is 1. The average molecular weight is 451 g/mol. The van der Waals surface area contributed by atoms with Crippen LogP contribution in [0.4, 0.5) is 0 Å². The van der Waals surface area contributed by atoms with Crippen LogP contribution in [0.25, 0.3) is 0 Å². The van der Waals surface area contributed by atoms with Gasteiger partial charge in [-0.25, -0.2) is 0 Å². The Bertz CT molecular complexity index is 268. The molecule has 0 aromatic heterocycles. The molecule has 0 aliphatic carbocycles. The molecule has 0 aromatic rings. The number of rotatable bonds is 1. The van der Waals surface area contributed by atoms with E-state index in [4.69, 9.17) is 2.55 Å².